The topological polar surface area (TPSA) is 134 Å². The van der Waals surface area contributed by atoms with Crippen LogP contribution in [0, 0.1) is 21.4 Å². The smallest absolute Gasteiger partial charge is 0.331 e. The van der Waals surface area contributed by atoms with Crippen LogP contribution in [0.4, 0.5) is 11.4 Å². The lowest BCUT2D eigenvalue weighted by Crippen LogP contribution is -2.51. The summed E-state index contributed by atoms with van der Waals surface area (Å²) in [5.74, 6) is -0.442. The van der Waals surface area contributed by atoms with Crippen molar-refractivity contribution in [1.29, 1.82) is 5.26 Å². The van der Waals surface area contributed by atoms with Crippen LogP contribution in [0.3, 0.4) is 0 Å². The Bertz CT molecular complexity index is 1190. The Kier molecular flexibility index (Phi) is 6.41. The third kappa shape index (κ3) is 4.44. The maximum Gasteiger partial charge on any atom is 0.331 e. The van der Waals surface area contributed by atoms with Crippen LogP contribution in [-0.2, 0) is 17.9 Å². The van der Waals surface area contributed by atoms with Gasteiger partial charge in [0.25, 0.3) is 11.2 Å². The minimum Gasteiger partial charge on any atom is -0.362 e. The second-order valence-corrected chi connectivity index (χ2v) is 7.31. The standard InChI is InChI=1S/C19H19ClN6O5/c1-2-22-11-13(10-21)18(28)25(19(22)29)12-17(27)24-7-5-23(6-8-24)15-4-3-14(20)9-16(15)26(30)31/h3-4,9,11H,2,5-8,12H2,1H3. The molecule has 1 aromatic heterocycles. The molecule has 2 heterocycles. The highest BCUT2D eigenvalue weighted by atomic mass is 35.5. The number of aryl methyl sites for hydroxylation is 1. The van der Waals surface area contributed by atoms with Crippen molar-refractivity contribution in [3.05, 3.63) is 65.9 Å². The highest BCUT2D eigenvalue weighted by Crippen LogP contribution is 2.31. The monoisotopic (exact) mass is 446 g/mol. The first-order valence-electron chi connectivity index (χ1n) is 9.47. The van der Waals surface area contributed by atoms with Gasteiger partial charge in [-0.15, -0.1) is 0 Å². The first kappa shape index (κ1) is 22.0. The first-order chi connectivity index (χ1) is 14.8. The lowest BCUT2D eigenvalue weighted by molar-refractivity contribution is -0.384. The molecule has 0 atom stereocenters. The zero-order valence-corrected chi connectivity index (χ0v) is 17.4. The van der Waals surface area contributed by atoms with Gasteiger partial charge in [0.2, 0.25) is 5.91 Å². The van der Waals surface area contributed by atoms with E-state index in [9.17, 15) is 24.5 Å². The first-order valence-corrected chi connectivity index (χ1v) is 9.85. The molecule has 0 unspecified atom stereocenters. The molecule has 1 aliphatic rings. The minimum absolute atomic E-state index is 0.118. The third-order valence-electron chi connectivity index (χ3n) is 5.10. The zero-order valence-electron chi connectivity index (χ0n) is 16.7. The van der Waals surface area contributed by atoms with Crippen LogP contribution in [0.1, 0.15) is 12.5 Å². The fourth-order valence-corrected chi connectivity index (χ4v) is 3.60. The number of amides is 1. The van der Waals surface area contributed by atoms with Crippen LogP contribution < -0.4 is 16.1 Å². The summed E-state index contributed by atoms with van der Waals surface area (Å²) < 4.78 is 1.96. The SMILES string of the molecule is CCn1cc(C#N)c(=O)n(CC(=O)N2CCN(c3ccc(Cl)cc3[N+](=O)[O-])CC2)c1=O. The van der Waals surface area contributed by atoms with E-state index in [0.29, 0.717) is 18.8 Å². The van der Waals surface area contributed by atoms with Crippen molar-refractivity contribution in [1.82, 2.24) is 14.0 Å². The summed E-state index contributed by atoms with van der Waals surface area (Å²) in [6.07, 6.45) is 1.18. The highest BCUT2D eigenvalue weighted by Gasteiger charge is 2.27. The number of benzene rings is 1. The van der Waals surface area contributed by atoms with Crippen molar-refractivity contribution < 1.29 is 9.72 Å². The summed E-state index contributed by atoms with van der Waals surface area (Å²) in [7, 11) is 0. The van der Waals surface area contributed by atoms with Crippen molar-refractivity contribution in [2.45, 2.75) is 20.0 Å². The van der Waals surface area contributed by atoms with Gasteiger partial charge in [-0.3, -0.25) is 24.3 Å². The molecule has 3 rings (SSSR count). The molecule has 1 aromatic carbocycles. The van der Waals surface area contributed by atoms with Crippen LogP contribution >= 0.6 is 11.6 Å². The maximum atomic E-state index is 12.7. The second-order valence-electron chi connectivity index (χ2n) is 6.87. The van der Waals surface area contributed by atoms with Crippen LogP contribution in [0.15, 0.2) is 34.0 Å². The van der Waals surface area contributed by atoms with E-state index < -0.39 is 28.6 Å². The van der Waals surface area contributed by atoms with Gasteiger partial charge in [0, 0.05) is 50.0 Å². The number of nitrogens with zero attached hydrogens (tertiary/aromatic N) is 6. The molecule has 162 valence electrons. The molecule has 2 aromatic rings. The average Bonchev–Trinajstić information content (AvgIpc) is 2.76. The molecule has 0 saturated carbocycles. The van der Waals surface area contributed by atoms with E-state index in [1.54, 1.807) is 30.0 Å². The number of carbonyl (C=O) groups is 1. The molecule has 0 N–H and O–H groups in total. The van der Waals surface area contributed by atoms with Crippen molar-refractivity contribution in [2.24, 2.45) is 0 Å². The van der Waals surface area contributed by atoms with E-state index in [1.807, 2.05) is 0 Å². The van der Waals surface area contributed by atoms with Gasteiger partial charge in [-0.2, -0.15) is 5.26 Å². The van der Waals surface area contributed by atoms with Gasteiger partial charge in [0.15, 0.2) is 0 Å². The zero-order chi connectivity index (χ0) is 22.7. The van der Waals surface area contributed by atoms with Crippen LogP contribution in [0.25, 0.3) is 0 Å². The minimum atomic E-state index is -0.805. The summed E-state index contributed by atoms with van der Waals surface area (Å²) in [4.78, 5) is 51.6. The van der Waals surface area contributed by atoms with Crippen molar-refractivity contribution in [3.8, 4) is 6.07 Å². The molecular formula is C19H19ClN6O5. The molecule has 1 aliphatic heterocycles. The normalized spacial score (nSPS) is 13.7. The van der Waals surface area contributed by atoms with E-state index >= 15 is 0 Å². The van der Waals surface area contributed by atoms with Gasteiger partial charge in [0.05, 0.1) is 4.92 Å². The van der Waals surface area contributed by atoms with Gasteiger partial charge >= 0.3 is 5.69 Å². The Morgan fingerprint density at radius 1 is 1.26 bits per heavy atom. The Balaban J connectivity index is 1.76. The largest absolute Gasteiger partial charge is 0.362 e. The lowest BCUT2D eigenvalue weighted by atomic mass is 10.2. The van der Waals surface area contributed by atoms with Gasteiger partial charge in [-0.05, 0) is 19.1 Å². The molecule has 0 spiro atoms. The Morgan fingerprint density at radius 2 is 1.94 bits per heavy atom. The van der Waals surface area contributed by atoms with E-state index in [1.165, 1.54) is 21.7 Å². The molecule has 0 radical (unpaired) electrons. The lowest BCUT2D eigenvalue weighted by Gasteiger charge is -2.35. The predicted octanol–water partition coefficient (Wildman–Crippen LogP) is 0.812. The Hall–Kier alpha value is -3.65. The van der Waals surface area contributed by atoms with Gasteiger partial charge in [-0.25, -0.2) is 9.36 Å². The number of nitro groups is 1. The molecule has 1 amide bonds. The van der Waals surface area contributed by atoms with Gasteiger partial charge in [-0.1, -0.05) is 11.6 Å². The van der Waals surface area contributed by atoms with E-state index in [-0.39, 0.29) is 35.9 Å². The molecular weight excluding hydrogens is 428 g/mol. The number of aromatic nitrogens is 2. The number of hydrogen-bond acceptors (Lipinski definition) is 7. The predicted molar refractivity (Wildman–Crippen MR) is 112 cm³/mol. The number of halogens is 1. The van der Waals surface area contributed by atoms with Crippen LogP contribution in [-0.4, -0.2) is 51.0 Å². The summed E-state index contributed by atoms with van der Waals surface area (Å²) in [5.41, 5.74) is -1.39. The highest BCUT2D eigenvalue weighted by molar-refractivity contribution is 6.30. The molecule has 1 saturated heterocycles. The number of nitro benzene ring substituents is 1. The quantitative estimate of drug-likeness (QED) is 0.490. The summed E-state index contributed by atoms with van der Waals surface area (Å²) in [6.45, 7) is 2.64. The van der Waals surface area contributed by atoms with Crippen LogP contribution in [0.2, 0.25) is 5.02 Å². The molecule has 0 aliphatic carbocycles. The average molecular weight is 447 g/mol. The van der Waals surface area contributed by atoms with Gasteiger partial charge in [0.1, 0.15) is 23.9 Å². The Morgan fingerprint density at radius 3 is 2.52 bits per heavy atom. The fraction of sp³-hybridized carbons (Fsp3) is 0.368. The number of piperazine rings is 1. The van der Waals surface area contributed by atoms with Gasteiger partial charge < -0.3 is 9.80 Å². The number of rotatable bonds is 5. The third-order valence-corrected chi connectivity index (χ3v) is 5.33. The molecule has 1 fully saturated rings. The molecule has 0 bridgehead atoms. The Labute approximate surface area is 181 Å². The van der Waals surface area contributed by atoms with E-state index in [0.717, 1.165) is 4.57 Å². The maximum absolute atomic E-state index is 12.7. The number of nitriles is 1. The summed E-state index contributed by atoms with van der Waals surface area (Å²) in [6, 6.07) is 6.15. The summed E-state index contributed by atoms with van der Waals surface area (Å²) >= 11 is 5.86. The number of hydrogen-bond donors (Lipinski definition) is 0. The van der Waals surface area contributed by atoms with E-state index in [2.05, 4.69) is 0 Å². The molecule has 11 nitrogen and oxygen atoms in total. The molecule has 12 heteroatoms. The second kappa shape index (κ2) is 9.01. The summed E-state index contributed by atoms with van der Waals surface area (Å²) in [5, 5.41) is 20.7. The van der Waals surface area contributed by atoms with Crippen molar-refractivity contribution >= 4 is 28.9 Å². The number of anilines is 1. The van der Waals surface area contributed by atoms with Crippen LogP contribution in [0.5, 0.6) is 0 Å². The van der Waals surface area contributed by atoms with Crippen molar-refractivity contribution in [3.63, 3.8) is 0 Å². The molecule has 31 heavy (non-hydrogen) atoms. The van der Waals surface area contributed by atoms with Crippen molar-refractivity contribution in [2.75, 3.05) is 31.1 Å². The van der Waals surface area contributed by atoms with E-state index in [4.69, 9.17) is 16.9 Å². The fourth-order valence-electron chi connectivity index (χ4n) is 3.44. The number of carbonyl (C=O) groups excluding carboxylic acids is 1.